The van der Waals surface area contributed by atoms with Crippen molar-refractivity contribution < 1.29 is 13.3 Å². The third kappa shape index (κ3) is 4.47. The number of non-ortho nitro benzene ring substituents is 1. The Morgan fingerprint density at radius 2 is 1.77 bits per heavy atom. The summed E-state index contributed by atoms with van der Waals surface area (Å²) in [5, 5.41) is 11.8. The summed E-state index contributed by atoms with van der Waals surface area (Å²) in [4.78, 5) is 10.1. The van der Waals surface area contributed by atoms with Crippen molar-refractivity contribution in [3.63, 3.8) is 0 Å². The molecule has 0 saturated carbocycles. The number of nitro benzene ring substituents is 1. The second-order valence-corrected chi connectivity index (χ2v) is 7.81. The van der Waals surface area contributed by atoms with Gasteiger partial charge in [0, 0.05) is 36.9 Å². The topological polar surface area (TPSA) is 94.2 Å². The highest BCUT2D eigenvalue weighted by Gasteiger charge is 2.12. The molecule has 0 aliphatic rings. The number of aryl methyl sites for hydroxylation is 1. The summed E-state index contributed by atoms with van der Waals surface area (Å²) in [5.74, 6) is -0.197. The number of sulfonamides is 1. The van der Waals surface area contributed by atoms with Crippen molar-refractivity contribution in [1.29, 1.82) is 0 Å². The molecule has 7 nitrogen and oxygen atoms in total. The maximum absolute atomic E-state index is 12.1. The van der Waals surface area contributed by atoms with Gasteiger partial charge < -0.3 is 4.57 Å². The lowest BCUT2D eigenvalue weighted by Gasteiger charge is -2.08. The van der Waals surface area contributed by atoms with E-state index in [9.17, 15) is 18.5 Å². The number of hydrogen-bond acceptors (Lipinski definition) is 4. The third-order valence-corrected chi connectivity index (χ3v) is 5.44. The maximum Gasteiger partial charge on any atom is 0.269 e. The molecular formula is C18H19N3O4S. The Balaban J connectivity index is 1.51. The minimum atomic E-state index is -3.48. The van der Waals surface area contributed by atoms with Crippen molar-refractivity contribution in [3.8, 4) is 0 Å². The van der Waals surface area contributed by atoms with E-state index >= 15 is 0 Å². The molecule has 0 spiro atoms. The van der Waals surface area contributed by atoms with Crippen LogP contribution in [0.25, 0.3) is 10.9 Å². The lowest BCUT2D eigenvalue weighted by molar-refractivity contribution is -0.384. The molecule has 0 saturated heterocycles. The first-order chi connectivity index (χ1) is 12.4. The molecule has 0 bridgehead atoms. The first kappa shape index (κ1) is 18.1. The fourth-order valence-electron chi connectivity index (χ4n) is 2.80. The van der Waals surface area contributed by atoms with Crippen LogP contribution in [0.5, 0.6) is 0 Å². The number of nitrogens with zero attached hydrogens (tertiary/aromatic N) is 2. The highest BCUT2D eigenvalue weighted by molar-refractivity contribution is 7.88. The van der Waals surface area contributed by atoms with Crippen LogP contribution in [-0.2, 0) is 22.3 Å². The molecule has 0 radical (unpaired) electrons. The second kappa shape index (κ2) is 7.67. The summed E-state index contributed by atoms with van der Waals surface area (Å²) in [5.41, 5.74) is 1.58. The van der Waals surface area contributed by atoms with Gasteiger partial charge in [0.2, 0.25) is 10.0 Å². The molecule has 26 heavy (non-hydrogen) atoms. The number of fused-ring (bicyclic) bond motifs is 1. The van der Waals surface area contributed by atoms with Gasteiger partial charge in [-0.05, 0) is 29.5 Å². The molecule has 8 heteroatoms. The van der Waals surface area contributed by atoms with Crippen molar-refractivity contribution >= 4 is 26.6 Å². The lowest BCUT2D eigenvalue weighted by atomic mass is 10.2. The molecular weight excluding hydrogens is 354 g/mol. The zero-order chi connectivity index (χ0) is 18.6. The highest BCUT2D eigenvalue weighted by atomic mass is 32.2. The van der Waals surface area contributed by atoms with Crippen LogP contribution in [0.2, 0.25) is 0 Å². The van der Waals surface area contributed by atoms with Gasteiger partial charge in [-0.15, -0.1) is 0 Å². The fraction of sp³-hybridized carbons (Fsp3) is 0.222. The zero-order valence-corrected chi connectivity index (χ0v) is 14.9. The molecule has 2 aromatic carbocycles. The Morgan fingerprint density at radius 1 is 1.04 bits per heavy atom. The van der Waals surface area contributed by atoms with Crippen molar-refractivity contribution in [3.05, 3.63) is 76.5 Å². The predicted molar refractivity (Wildman–Crippen MR) is 100 cm³/mol. The molecule has 0 amide bonds. The molecule has 0 fully saturated rings. The minimum absolute atomic E-state index is 0.0574. The number of para-hydroxylation sites is 1. The van der Waals surface area contributed by atoms with E-state index in [1.807, 2.05) is 36.5 Å². The number of nitro groups is 1. The SMILES string of the molecule is O=[N+]([O-])c1ccc(CS(=O)(=O)NCCCn2ccc3ccccc32)cc1. The van der Waals surface area contributed by atoms with E-state index in [1.165, 1.54) is 24.3 Å². The number of aromatic nitrogens is 1. The van der Waals surface area contributed by atoms with Crippen LogP contribution in [-0.4, -0.2) is 24.5 Å². The number of nitrogens with one attached hydrogen (secondary N) is 1. The maximum atomic E-state index is 12.1. The Hall–Kier alpha value is -2.71. The third-order valence-electron chi connectivity index (χ3n) is 4.08. The van der Waals surface area contributed by atoms with Gasteiger partial charge in [0.15, 0.2) is 0 Å². The molecule has 1 heterocycles. The number of rotatable bonds is 8. The first-order valence-electron chi connectivity index (χ1n) is 8.19. The van der Waals surface area contributed by atoms with E-state index in [4.69, 9.17) is 0 Å². The van der Waals surface area contributed by atoms with Gasteiger partial charge in [-0.1, -0.05) is 30.3 Å². The van der Waals surface area contributed by atoms with E-state index in [1.54, 1.807) is 0 Å². The van der Waals surface area contributed by atoms with E-state index in [-0.39, 0.29) is 11.4 Å². The largest absolute Gasteiger partial charge is 0.347 e. The molecule has 136 valence electrons. The summed E-state index contributed by atoms with van der Waals surface area (Å²) in [6, 6.07) is 15.6. The average Bonchev–Trinajstić information content (AvgIpc) is 3.02. The minimum Gasteiger partial charge on any atom is -0.347 e. The van der Waals surface area contributed by atoms with E-state index in [2.05, 4.69) is 9.29 Å². The van der Waals surface area contributed by atoms with Gasteiger partial charge in [-0.3, -0.25) is 10.1 Å². The molecule has 3 rings (SSSR count). The Labute approximate surface area is 151 Å². The van der Waals surface area contributed by atoms with Gasteiger partial charge in [0.1, 0.15) is 0 Å². The van der Waals surface area contributed by atoms with Crippen LogP contribution in [0.4, 0.5) is 5.69 Å². The monoisotopic (exact) mass is 373 g/mol. The molecule has 3 aromatic rings. The summed E-state index contributed by atoms with van der Waals surface area (Å²) in [6.07, 6.45) is 2.66. The second-order valence-electron chi connectivity index (χ2n) is 6.00. The number of benzene rings is 2. The number of hydrogen-bond donors (Lipinski definition) is 1. The summed E-state index contributed by atoms with van der Waals surface area (Å²) in [6.45, 7) is 1.05. The molecule has 0 unspecified atom stereocenters. The van der Waals surface area contributed by atoms with E-state index < -0.39 is 14.9 Å². The molecule has 0 aliphatic heterocycles. The average molecular weight is 373 g/mol. The van der Waals surface area contributed by atoms with Crippen LogP contribution in [0.1, 0.15) is 12.0 Å². The van der Waals surface area contributed by atoms with Crippen molar-refractivity contribution in [2.75, 3.05) is 6.54 Å². The fourth-order valence-corrected chi connectivity index (χ4v) is 3.99. The molecule has 1 N–H and O–H groups in total. The van der Waals surface area contributed by atoms with Crippen LogP contribution < -0.4 is 4.72 Å². The van der Waals surface area contributed by atoms with Crippen molar-refractivity contribution in [2.24, 2.45) is 0 Å². The Bertz CT molecular complexity index is 1010. The lowest BCUT2D eigenvalue weighted by Crippen LogP contribution is -2.26. The van der Waals surface area contributed by atoms with Crippen molar-refractivity contribution in [1.82, 2.24) is 9.29 Å². The first-order valence-corrected chi connectivity index (χ1v) is 9.84. The zero-order valence-electron chi connectivity index (χ0n) is 14.0. The van der Waals surface area contributed by atoms with Gasteiger partial charge in [0.05, 0.1) is 10.7 Å². The molecule has 0 aliphatic carbocycles. The Kier molecular flexibility index (Phi) is 5.34. The molecule has 0 atom stereocenters. The van der Waals surface area contributed by atoms with E-state index in [0.717, 1.165) is 10.9 Å². The summed E-state index contributed by atoms with van der Waals surface area (Å²) >= 11 is 0. The van der Waals surface area contributed by atoms with Gasteiger partial charge >= 0.3 is 0 Å². The smallest absolute Gasteiger partial charge is 0.269 e. The summed E-state index contributed by atoms with van der Waals surface area (Å²) < 4.78 is 29.0. The standard InChI is InChI=1S/C18H19N3O4S/c22-21(23)17-8-6-15(7-9-17)14-26(24,25)19-11-3-12-20-13-10-16-4-1-2-5-18(16)20/h1-2,4-10,13,19H,3,11-12,14H2. The normalized spacial score (nSPS) is 11.7. The van der Waals surface area contributed by atoms with Crippen LogP contribution in [0, 0.1) is 10.1 Å². The highest BCUT2D eigenvalue weighted by Crippen LogP contribution is 2.16. The quantitative estimate of drug-likeness (QED) is 0.373. The van der Waals surface area contributed by atoms with Crippen LogP contribution in [0.15, 0.2) is 60.8 Å². The van der Waals surface area contributed by atoms with Gasteiger partial charge in [-0.25, -0.2) is 13.1 Å². The molecule has 1 aromatic heterocycles. The van der Waals surface area contributed by atoms with Gasteiger partial charge in [0.25, 0.3) is 5.69 Å². The van der Waals surface area contributed by atoms with Crippen LogP contribution in [0.3, 0.4) is 0 Å². The van der Waals surface area contributed by atoms with E-state index in [0.29, 0.717) is 25.1 Å². The van der Waals surface area contributed by atoms with Gasteiger partial charge in [-0.2, -0.15) is 0 Å². The Morgan fingerprint density at radius 3 is 2.50 bits per heavy atom. The summed E-state index contributed by atoms with van der Waals surface area (Å²) in [7, 11) is -3.48. The predicted octanol–water partition coefficient (Wildman–Crippen LogP) is 3.06. The van der Waals surface area contributed by atoms with Crippen LogP contribution >= 0.6 is 0 Å². The van der Waals surface area contributed by atoms with Crippen molar-refractivity contribution in [2.45, 2.75) is 18.7 Å².